The molecule has 0 atom stereocenters. The first-order chi connectivity index (χ1) is 5.81. The molecule has 0 rings (SSSR count). The summed E-state index contributed by atoms with van der Waals surface area (Å²) in [5.41, 5.74) is 5.35. The molecule has 0 radical (unpaired) electrons. The number of hydrogen-bond acceptors (Lipinski definition) is 2. The van der Waals surface area contributed by atoms with Crippen LogP contribution >= 0.6 is 0 Å². The Balaban J connectivity index is 4.25. The second-order valence-corrected chi connectivity index (χ2v) is 4.57. The van der Waals surface area contributed by atoms with Crippen molar-refractivity contribution in [1.29, 1.82) is 0 Å². The first-order valence-electron chi connectivity index (χ1n) is 4.78. The minimum atomic E-state index is -0.230. The van der Waals surface area contributed by atoms with Crippen molar-refractivity contribution < 1.29 is 4.79 Å². The van der Waals surface area contributed by atoms with Crippen molar-refractivity contribution in [3.8, 4) is 0 Å². The molecule has 78 valence electrons. The predicted octanol–water partition coefficient (Wildman–Crippen LogP) is 1.23. The Morgan fingerprint density at radius 1 is 1.46 bits per heavy atom. The molecule has 0 aliphatic heterocycles. The summed E-state index contributed by atoms with van der Waals surface area (Å²) in [5.74, 6) is 0.578. The van der Waals surface area contributed by atoms with Crippen molar-refractivity contribution in [2.75, 3.05) is 13.6 Å². The van der Waals surface area contributed by atoms with Crippen molar-refractivity contribution in [2.24, 2.45) is 11.7 Å². The monoisotopic (exact) mass is 186 g/mol. The average Bonchev–Trinajstić information content (AvgIpc) is 2.01. The number of amides is 1. The fraction of sp³-hybridized carbons (Fsp3) is 0.900. The lowest BCUT2D eigenvalue weighted by molar-refractivity contribution is -0.135. The predicted molar refractivity (Wildman–Crippen MR) is 55.4 cm³/mol. The van der Waals surface area contributed by atoms with E-state index >= 15 is 0 Å². The Kier molecular flexibility index (Phi) is 4.40. The molecule has 0 spiro atoms. The summed E-state index contributed by atoms with van der Waals surface area (Å²) in [6.45, 7) is 8.53. The quantitative estimate of drug-likeness (QED) is 0.717. The van der Waals surface area contributed by atoms with Gasteiger partial charge in [0.2, 0.25) is 5.91 Å². The van der Waals surface area contributed by atoms with Gasteiger partial charge in [-0.3, -0.25) is 4.79 Å². The molecule has 0 fully saturated rings. The molecule has 0 aromatic rings. The van der Waals surface area contributed by atoms with Gasteiger partial charge in [0, 0.05) is 25.6 Å². The van der Waals surface area contributed by atoms with Crippen LogP contribution in [0.25, 0.3) is 0 Å². The number of likely N-dealkylation sites (N-methyl/N-ethyl adjacent to an activating group) is 1. The molecule has 0 saturated heterocycles. The molecule has 1 amide bonds. The van der Waals surface area contributed by atoms with E-state index < -0.39 is 0 Å². The Labute approximate surface area is 81.3 Å². The van der Waals surface area contributed by atoms with E-state index in [0.717, 1.165) is 0 Å². The molecule has 0 aromatic heterocycles. The number of carbonyl (C=O) groups is 1. The van der Waals surface area contributed by atoms with E-state index in [2.05, 4.69) is 0 Å². The van der Waals surface area contributed by atoms with Crippen LogP contribution in [0.3, 0.4) is 0 Å². The zero-order chi connectivity index (χ0) is 10.6. The van der Waals surface area contributed by atoms with Crippen molar-refractivity contribution in [3.63, 3.8) is 0 Å². The van der Waals surface area contributed by atoms with Crippen molar-refractivity contribution in [3.05, 3.63) is 0 Å². The number of nitrogens with two attached hydrogens (primary N) is 1. The minimum absolute atomic E-state index is 0.172. The highest BCUT2D eigenvalue weighted by Gasteiger charge is 2.25. The third kappa shape index (κ3) is 3.77. The van der Waals surface area contributed by atoms with E-state index in [1.165, 1.54) is 0 Å². The summed E-state index contributed by atoms with van der Waals surface area (Å²) >= 11 is 0. The van der Waals surface area contributed by atoms with Gasteiger partial charge in [0.05, 0.1) is 0 Å². The molecule has 0 unspecified atom stereocenters. The molecular weight excluding hydrogens is 164 g/mol. The van der Waals surface area contributed by atoms with Gasteiger partial charge in [-0.2, -0.15) is 0 Å². The van der Waals surface area contributed by atoms with E-state index in [4.69, 9.17) is 5.73 Å². The SMILES string of the molecule is CC(C)CC(=O)N(C)C(C)(C)CN. The van der Waals surface area contributed by atoms with Crippen LogP contribution in [0.4, 0.5) is 0 Å². The maximum absolute atomic E-state index is 11.6. The average molecular weight is 186 g/mol. The summed E-state index contributed by atoms with van der Waals surface area (Å²) in [5, 5.41) is 0. The molecule has 0 saturated carbocycles. The molecule has 13 heavy (non-hydrogen) atoms. The van der Waals surface area contributed by atoms with Crippen LogP contribution in [0.2, 0.25) is 0 Å². The van der Waals surface area contributed by atoms with Crippen LogP contribution in [0.15, 0.2) is 0 Å². The zero-order valence-corrected chi connectivity index (χ0v) is 9.42. The molecular formula is C10H22N2O. The molecule has 2 N–H and O–H groups in total. The molecule has 3 heteroatoms. The number of nitrogens with zero attached hydrogens (tertiary/aromatic N) is 1. The standard InChI is InChI=1S/C10H22N2O/c1-8(2)6-9(13)12(5)10(3,4)7-11/h8H,6-7,11H2,1-5H3. The lowest BCUT2D eigenvalue weighted by atomic mass is 10.0. The molecule has 3 nitrogen and oxygen atoms in total. The lowest BCUT2D eigenvalue weighted by Crippen LogP contribution is -2.50. The normalized spacial score (nSPS) is 11.9. The molecule has 0 aliphatic rings. The number of hydrogen-bond donors (Lipinski definition) is 1. The van der Waals surface area contributed by atoms with Crippen LogP contribution in [-0.2, 0) is 4.79 Å². The van der Waals surface area contributed by atoms with E-state index in [9.17, 15) is 4.79 Å². The van der Waals surface area contributed by atoms with Crippen LogP contribution in [0.1, 0.15) is 34.1 Å². The van der Waals surface area contributed by atoms with Gasteiger partial charge in [0.25, 0.3) is 0 Å². The van der Waals surface area contributed by atoms with Gasteiger partial charge in [-0.05, 0) is 19.8 Å². The fourth-order valence-electron chi connectivity index (χ4n) is 0.961. The smallest absolute Gasteiger partial charge is 0.223 e. The fourth-order valence-corrected chi connectivity index (χ4v) is 0.961. The Bertz CT molecular complexity index is 176. The summed E-state index contributed by atoms with van der Waals surface area (Å²) in [6.07, 6.45) is 0.597. The van der Waals surface area contributed by atoms with E-state index in [1.807, 2.05) is 34.7 Å². The molecule has 0 aliphatic carbocycles. The van der Waals surface area contributed by atoms with Crippen molar-refractivity contribution in [2.45, 2.75) is 39.7 Å². The van der Waals surface area contributed by atoms with Gasteiger partial charge in [0.1, 0.15) is 0 Å². The van der Waals surface area contributed by atoms with Gasteiger partial charge >= 0.3 is 0 Å². The summed E-state index contributed by atoms with van der Waals surface area (Å²) < 4.78 is 0. The Morgan fingerprint density at radius 2 is 1.92 bits per heavy atom. The van der Waals surface area contributed by atoms with Crippen molar-refractivity contribution >= 4 is 5.91 Å². The van der Waals surface area contributed by atoms with E-state index in [0.29, 0.717) is 18.9 Å². The Hall–Kier alpha value is -0.570. The van der Waals surface area contributed by atoms with Crippen molar-refractivity contribution in [1.82, 2.24) is 4.90 Å². The van der Waals surface area contributed by atoms with Crippen LogP contribution in [0.5, 0.6) is 0 Å². The third-order valence-corrected chi connectivity index (χ3v) is 2.36. The van der Waals surface area contributed by atoms with Crippen LogP contribution < -0.4 is 5.73 Å². The first kappa shape index (κ1) is 12.4. The minimum Gasteiger partial charge on any atom is -0.339 e. The number of carbonyl (C=O) groups excluding carboxylic acids is 1. The highest BCUT2D eigenvalue weighted by molar-refractivity contribution is 5.76. The van der Waals surface area contributed by atoms with Gasteiger partial charge in [-0.25, -0.2) is 0 Å². The van der Waals surface area contributed by atoms with Crippen LogP contribution in [0, 0.1) is 5.92 Å². The summed E-state index contributed by atoms with van der Waals surface area (Å²) in [4.78, 5) is 13.4. The summed E-state index contributed by atoms with van der Waals surface area (Å²) in [7, 11) is 1.82. The molecule has 0 bridgehead atoms. The number of rotatable bonds is 4. The zero-order valence-electron chi connectivity index (χ0n) is 9.42. The van der Waals surface area contributed by atoms with Gasteiger partial charge in [-0.1, -0.05) is 13.8 Å². The highest BCUT2D eigenvalue weighted by Crippen LogP contribution is 2.13. The lowest BCUT2D eigenvalue weighted by Gasteiger charge is -2.35. The van der Waals surface area contributed by atoms with E-state index in [1.54, 1.807) is 4.90 Å². The molecule has 0 heterocycles. The maximum Gasteiger partial charge on any atom is 0.223 e. The third-order valence-electron chi connectivity index (χ3n) is 2.36. The second kappa shape index (κ2) is 4.61. The largest absolute Gasteiger partial charge is 0.339 e. The highest BCUT2D eigenvalue weighted by atomic mass is 16.2. The van der Waals surface area contributed by atoms with Gasteiger partial charge in [-0.15, -0.1) is 0 Å². The van der Waals surface area contributed by atoms with Gasteiger partial charge < -0.3 is 10.6 Å². The molecule has 0 aromatic carbocycles. The first-order valence-corrected chi connectivity index (χ1v) is 4.78. The van der Waals surface area contributed by atoms with Gasteiger partial charge in [0.15, 0.2) is 0 Å². The second-order valence-electron chi connectivity index (χ2n) is 4.57. The summed E-state index contributed by atoms with van der Waals surface area (Å²) in [6, 6.07) is 0. The maximum atomic E-state index is 11.6. The Morgan fingerprint density at radius 3 is 2.23 bits per heavy atom. The van der Waals surface area contributed by atoms with E-state index in [-0.39, 0.29) is 11.4 Å². The topological polar surface area (TPSA) is 46.3 Å². The van der Waals surface area contributed by atoms with Crippen LogP contribution in [-0.4, -0.2) is 29.9 Å².